The summed E-state index contributed by atoms with van der Waals surface area (Å²) in [4.78, 5) is 22.4. The van der Waals surface area contributed by atoms with Crippen molar-refractivity contribution in [3.05, 3.63) is 59.1 Å². The second-order valence-corrected chi connectivity index (χ2v) is 8.77. The second-order valence-electron chi connectivity index (χ2n) is 8.33. The largest absolute Gasteiger partial charge is 0.444 e. The minimum absolute atomic E-state index is 0.192. The monoisotopic (exact) mass is 428 g/mol. The molecule has 4 rings (SSSR count). The van der Waals surface area contributed by atoms with E-state index in [0.717, 1.165) is 16.5 Å². The van der Waals surface area contributed by atoms with Crippen LogP contribution in [0.3, 0.4) is 0 Å². The summed E-state index contributed by atoms with van der Waals surface area (Å²) < 4.78 is 19.6. The van der Waals surface area contributed by atoms with Crippen LogP contribution in [0, 0.1) is 5.82 Å². The van der Waals surface area contributed by atoms with Crippen LogP contribution in [-0.2, 0) is 4.74 Å². The van der Waals surface area contributed by atoms with Gasteiger partial charge in [-0.2, -0.15) is 0 Å². The van der Waals surface area contributed by atoms with Gasteiger partial charge in [0.2, 0.25) is 0 Å². The predicted molar refractivity (Wildman–Crippen MR) is 115 cm³/mol. The summed E-state index contributed by atoms with van der Waals surface area (Å²) in [5.41, 5.74) is 1.53. The Morgan fingerprint density at radius 3 is 2.70 bits per heavy atom. The SMILES string of the molecule is CC(C)(C)OC(=O)N1CC(c2ccc3ncnc(Nc4cc(Cl)ccc4F)c3c2)C1. The lowest BCUT2D eigenvalue weighted by atomic mass is 9.91. The van der Waals surface area contributed by atoms with E-state index >= 15 is 0 Å². The molecular weight excluding hydrogens is 407 g/mol. The molecule has 6 nitrogen and oxygen atoms in total. The Bertz CT molecular complexity index is 1110. The number of carbonyl (C=O) groups is 1. The van der Waals surface area contributed by atoms with Crippen LogP contribution in [0.25, 0.3) is 10.9 Å². The third-order valence-corrected chi connectivity index (χ3v) is 5.08. The van der Waals surface area contributed by atoms with Crippen molar-refractivity contribution in [3.63, 3.8) is 0 Å². The molecule has 1 fully saturated rings. The molecule has 0 atom stereocenters. The lowest BCUT2D eigenvalue weighted by Gasteiger charge is -2.40. The minimum Gasteiger partial charge on any atom is -0.444 e. The van der Waals surface area contributed by atoms with Crippen LogP contribution >= 0.6 is 11.6 Å². The van der Waals surface area contributed by atoms with Crippen LogP contribution in [0.2, 0.25) is 5.02 Å². The third-order valence-electron chi connectivity index (χ3n) is 4.85. The summed E-state index contributed by atoms with van der Waals surface area (Å²) in [5, 5.41) is 4.21. The molecule has 1 amide bonds. The van der Waals surface area contributed by atoms with E-state index in [0.29, 0.717) is 23.9 Å². The number of fused-ring (bicyclic) bond motifs is 1. The zero-order valence-corrected chi connectivity index (χ0v) is 17.7. The maximum absolute atomic E-state index is 14.1. The molecule has 1 aliphatic heterocycles. The molecular formula is C22H22ClFN4O2. The van der Waals surface area contributed by atoms with Gasteiger partial charge in [-0.1, -0.05) is 17.7 Å². The number of amides is 1. The minimum atomic E-state index is -0.515. The number of hydrogen-bond donors (Lipinski definition) is 1. The number of benzene rings is 2. The number of nitrogens with zero attached hydrogens (tertiary/aromatic N) is 3. The number of rotatable bonds is 3. The lowest BCUT2D eigenvalue weighted by molar-refractivity contribution is 0.00820. The van der Waals surface area contributed by atoms with Gasteiger partial charge in [0.05, 0.1) is 11.2 Å². The van der Waals surface area contributed by atoms with Crippen molar-refractivity contribution >= 4 is 40.1 Å². The van der Waals surface area contributed by atoms with E-state index in [4.69, 9.17) is 16.3 Å². The van der Waals surface area contributed by atoms with Crippen molar-refractivity contribution in [2.45, 2.75) is 32.3 Å². The number of hydrogen-bond acceptors (Lipinski definition) is 5. The van der Waals surface area contributed by atoms with E-state index in [9.17, 15) is 9.18 Å². The number of carbonyl (C=O) groups excluding carboxylic acids is 1. The van der Waals surface area contributed by atoms with E-state index < -0.39 is 11.4 Å². The van der Waals surface area contributed by atoms with Crippen LogP contribution in [0.1, 0.15) is 32.3 Å². The summed E-state index contributed by atoms with van der Waals surface area (Å²) in [6.45, 7) is 6.72. The van der Waals surface area contributed by atoms with Crippen molar-refractivity contribution in [2.75, 3.05) is 18.4 Å². The van der Waals surface area contributed by atoms with Crippen molar-refractivity contribution in [3.8, 4) is 0 Å². The molecule has 30 heavy (non-hydrogen) atoms. The number of aromatic nitrogens is 2. The highest BCUT2D eigenvalue weighted by molar-refractivity contribution is 6.30. The summed E-state index contributed by atoms with van der Waals surface area (Å²) in [5.74, 6) is 0.263. The maximum atomic E-state index is 14.1. The normalized spacial score (nSPS) is 14.5. The maximum Gasteiger partial charge on any atom is 0.410 e. The first-order valence-electron chi connectivity index (χ1n) is 9.64. The number of likely N-dealkylation sites (tertiary alicyclic amines) is 1. The van der Waals surface area contributed by atoms with Gasteiger partial charge in [0.15, 0.2) is 0 Å². The van der Waals surface area contributed by atoms with Gasteiger partial charge in [-0.3, -0.25) is 0 Å². The van der Waals surface area contributed by atoms with E-state index in [2.05, 4.69) is 15.3 Å². The van der Waals surface area contributed by atoms with Crippen LogP contribution < -0.4 is 5.32 Å². The molecule has 1 saturated heterocycles. The van der Waals surface area contributed by atoms with Gasteiger partial charge in [-0.05, 0) is 56.7 Å². The van der Waals surface area contributed by atoms with Gasteiger partial charge in [-0.15, -0.1) is 0 Å². The van der Waals surface area contributed by atoms with E-state index in [-0.39, 0.29) is 17.7 Å². The standard InChI is InChI=1S/C22H22ClFN4O2/c1-22(2,3)30-21(29)28-10-14(11-28)13-4-7-18-16(8-13)20(26-12-25-18)27-19-9-15(23)5-6-17(19)24/h4-9,12,14H,10-11H2,1-3H3,(H,25,26,27). The van der Waals surface area contributed by atoms with Gasteiger partial charge in [-0.25, -0.2) is 19.2 Å². The Morgan fingerprint density at radius 2 is 1.97 bits per heavy atom. The first-order valence-corrected chi connectivity index (χ1v) is 10.0. The fraction of sp³-hybridized carbons (Fsp3) is 0.318. The van der Waals surface area contributed by atoms with E-state index in [1.807, 2.05) is 39.0 Å². The first-order chi connectivity index (χ1) is 14.2. The average Bonchev–Trinajstić information content (AvgIpc) is 2.62. The molecule has 0 spiro atoms. The molecule has 0 unspecified atom stereocenters. The Kier molecular flexibility index (Phi) is 5.24. The highest BCUT2D eigenvalue weighted by Gasteiger charge is 2.34. The lowest BCUT2D eigenvalue weighted by Crippen LogP contribution is -2.50. The third kappa shape index (κ3) is 4.31. The summed E-state index contributed by atoms with van der Waals surface area (Å²) in [7, 11) is 0. The molecule has 2 aromatic carbocycles. The molecule has 0 saturated carbocycles. The Balaban J connectivity index is 1.55. The number of ether oxygens (including phenoxy) is 1. The van der Waals surface area contributed by atoms with Crippen molar-refractivity contribution < 1.29 is 13.9 Å². The summed E-state index contributed by atoms with van der Waals surface area (Å²) in [6, 6.07) is 10.2. The molecule has 1 N–H and O–H groups in total. The van der Waals surface area contributed by atoms with Crippen LogP contribution in [0.5, 0.6) is 0 Å². The highest BCUT2D eigenvalue weighted by atomic mass is 35.5. The van der Waals surface area contributed by atoms with Crippen LogP contribution in [-0.4, -0.2) is 39.7 Å². The molecule has 8 heteroatoms. The molecule has 156 valence electrons. The molecule has 2 heterocycles. The number of anilines is 2. The molecule has 1 aromatic heterocycles. The fourth-order valence-electron chi connectivity index (χ4n) is 3.31. The fourth-order valence-corrected chi connectivity index (χ4v) is 3.49. The zero-order chi connectivity index (χ0) is 21.5. The van der Waals surface area contributed by atoms with Crippen molar-refractivity contribution in [1.29, 1.82) is 0 Å². The topological polar surface area (TPSA) is 67.3 Å². The summed E-state index contributed by atoms with van der Waals surface area (Å²) in [6.07, 6.45) is 1.13. The molecule has 3 aromatic rings. The first kappa shape index (κ1) is 20.3. The smallest absolute Gasteiger partial charge is 0.410 e. The van der Waals surface area contributed by atoms with Gasteiger partial charge in [0.25, 0.3) is 0 Å². The Hall–Kier alpha value is -2.93. The van der Waals surface area contributed by atoms with E-state index in [1.165, 1.54) is 24.5 Å². The van der Waals surface area contributed by atoms with Gasteiger partial charge < -0.3 is 15.0 Å². The van der Waals surface area contributed by atoms with Gasteiger partial charge in [0.1, 0.15) is 23.6 Å². The molecule has 0 radical (unpaired) electrons. The second kappa shape index (κ2) is 7.72. The average molecular weight is 429 g/mol. The van der Waals surface area contributed by atoms with Crippen LogP contribution in [0.4, 0.5) is 20.7 Å². The van der Waals surface area contributed by atoms with Gasteiger partial charge in [0, 0.05) is 29.4 Å². The quantitative estimate of drug-likeness (QED) is 0.596. The Labute approximate surface area is 179 Å². The molecule has 1 aliphatic rings. The molecule has 0 aliphatic carbocycles. The zero-order valence-electron chi connectivity index (χ0n) is 16.9. The summed E-state index contributed by atoms with van der Waals surface area (Å²) >= 11 is 5.99. The molecule has 0 bridgehead atoms. The number of nitrogens with one attached hydrogen (secondary N) is 1. The van der Waals surface area contributed by atoms with Gasteiger partial charge >= 0.3 is 6.09 Å². The van der Waals surface area contributed by atoms with Crippen molar-refractivity contribution in [2.24, 2.45) is 0 Å². The number of halogens is 2. The Morgan fingerprint density at radius 1 is 1.20 bits per heavy atom. The predicted octanol–water partition coefficient (Wildman–Crippen LogP) is 5.50. The van der Waals surface area contributed by atoms with Crippen LogP contribution in [0.15, 0.2) is 42.7 Å². The van der Waals surface area contributed by atoms with Crippen molar-refractivity contribution in [1.82, 2.24) is 14.9 Å². The van der Waals surface area contributed by atoms with E-state index in [1.54, 1.807) is 4.90 Å². The highest BCUT2D eigenvalue weighted by Crippen LogP contribution is 2.33.